The van der Waals surface area contributed by atoms with E-state index >= 15 is 0 Å². The molecule has 18 heavy (non-hydrogen) atoms. The van der Waals surface area contributed by atoms with Gasteiger partial charge < -0.3 is 10.1 Å². The average molecular weight is 263 g/mol. The highest BCUT2D eigenvalue weighted by Crippen LogP contribution is 2.28. The van der Waals surface area contributed by atoms with Gasteiger partial charge in [-0.25, -0.2) is 4.79 Å². The minimum Gasteiger partial charge on any atom is -0.462 e. The maximum Gasteiger partial charge on any atom is 0.343 e. The Morgan fingerprint density at radius 3 is 3.06 bits per heavy atom. The van der Waals surface area contributed by atoms with E-state index in [-0.39, 0.29) is 5.97 Å². The van der Waals surface area contributed by atoms with Crippen LogP contribution in [-0.4, -0.2) is 21.9 Å². The molecule has 0 aliphatic carbocycles. The lowest BCUT2D eigenvalue weighted by molar-refractivity contribution is 0.0527. The summed E-state index contributed by atoms with van der Waals surface area (Å²) in [4.78, 5) is 15.8. The van der Waals surface area contributed by atoms with Gasteiger partial charge in [0.25, 0.3) is 0 Å². The van der Waals surface area contributed by atoms with Crippen LogP contribution in [0.5, 0.6) is 0 Å². The van der Waals surface area contributed by atoms with Crippen LogP contribution in [0.25, 0.3) is 0 Å². The second-order valence-corrected chi connectivity index (χ2v) is 4.33. The summed E-state index contributed by atoms with van der Waals surface area (Å²) in [6.07, 6.45) is 3.37. The summed E-state index contributed by atoms with van der Waals surface area (Å²) in [5.41, 5.74) is 1.97. The zero-order valence-electron chi connectivity index (χ0n) is 10.1. The van der Waals surface area contributed by atoms with Crippen molar-refractivity contribution in [2.75, 3.05) is 11.9 Å². The molecule has 94 valence electrons. The van der Waals surface area contributed by atoms with Gasteiger partial charge in [0.2, 0.25) is 0 Å². The first-order chi connectivity index (χ1) is 8.72. The molecule has 0 unspecified atom stereocenters. The Labute approximate surface area is 109 Å². The van der Waals surface area contributed by atoms with E-state index in [0.29, 0.717) is 22.9 Å². The molecule has 2 heterocycles. The molecular weight excluding hydrogens is 250 g/mol. The number of esters is 1. The van der Waals surface area contributed by atoms with Gasteiger partial charge in [0.15, 0.2) is 0 Å². The van der Waals surface area contributed by atoms with Gasteiger partial charge in [-0.15, -0.1) is 0 Å². The highest BCUT2D eigenvalue weighted by molar-refractivity contribution is 7.10. The van der Waals surface area contributed by atoms with Gasteiger partial charge in [0.1, 0.15) is 10.6 Å². The van der Waals surface area contributed by atoms with E-state index in [1.54, 1.807) is 26.2 Å². The molecule has 2 aromatic rings. The number of hydrogen-bond acceptors (Lipinski definition) is 6. The van der Waals surface area contributed by atoms with Gasteiger partial charge in [-0.3, -0.25) is 4.98 Å². The first-order valence-electron chi connectivity index (χ1n) is 5.52. The maximum absolute atomic E-state index is 11.8. The first-order valence-corrected chi connectivity index (χ1v) is 6.30. The quantitative estimate of drug-likeness (QED) is 0.859. The number of carbonyl (C=O) groups excluding carboxylic acids is 1. The van der Waals surface area contributed by atoms with Crippen molar-refractivity contribution in [1.29, 1.82) is 0 Å². The first kappa shape index (κ1) is 12.5. The molecule has 2 rings (SSSR count). The summed E-state index contributed by atoms with van der Waals surface area (Å²) in [6.45, 7) is 3.92. The maximum atomic E-state index is 11.8. The summed E-state index contributed by atoms with van der Waals surface area (Å²) in [5, 5.41) is 3.80. The van der Waals surface area contributed by atoms with Crippen LogP contribution in [0.1, 0.15) is 23.0 Å². The van der Waals surface area contributed by atoms with Gasteiger partial charge in [-0.05, 0) is 37.5 Å². The second-order valence-electron chi connectivity index (χ2n) is 3.56. The third-order valence-electron chi connectivity index (χ3n) is 2.26. The lowest BCUT2D eigenvalue weighted by atomic mass is 10.2. The number of nitrogens with zero attached hydrogens (tertiary/aromatic N) is 2. The van der Waals surface area contributed by atoms with Gasteiger partial charge in [0.05, 0.1) is 24.2 Å². The van der Waals surface area contributed by atoms with Gasteiger partial charge in [-0.1, -0.05) is 0 Å². The molecule has 0 fully saturated rings. The Balaban J connectivity index is 2.26. The highest BCUT2D eigenvalue weighted by atomic mass is 32.1. The molecular formula is C12H13N3O2S. The molecule has 0 saturated heterocycles. The molecule has 0 spiro atoms. The van der Waals surface area contributed by atoms with E-state index in [0.717, 1.165) is 5.69 Å². The van der Waals surface area contributed by atoms with Crippen molar-refractivity contribution >= 4 is 28.2 Å². The fraction of sp³-hybridized carbons (Fsp3) is 0.250. The zero-order valence-corrected chi connectivity index (χ0v) is 11.0. The third kappa shape index (κ3) is 2.65. The molecule has 0 aliphatic heterocycles. The molecule has 0 aliphatic rings. The van der Waals surface area contributed by atoms with Crippen LogP contribution >= 0.6 is 11.5 Å². The molecule has 0 atom stereocenters. The second kappa shape index (κ2) is 5.59. The standard InChI is InChI=1S/C12H13N3O2S/c1-3-17-12(16)10-8(2)15-18-11(10)14-9-5-4-6-13-7-9/h4-7,14H,3H2,1-2H3. The van der Waals surface area contributed by atoms with E-state index in [1.165, 1.54) is 11.5 Å². The normalized spacial score (nSPS) is 10.1. The van der Waals surface area contributed by atoms with Crippen molar-refractivity contribution in [3.8, 4) is 0 Å². The Kier molecular flexibility index (Phi) is 3.88. The summed E-state index contributed by atoms with van der Waals surface area (Å²) < 4.78 is 9.19. The molecule has 6 heteroatoms. The monoisotopic (exact) mass is 263 g/mol. The van der Waals surface area contributed by atoms with Crippen LogP contribution in [0, 0.1) is 6.92 Å². The van der Waals surface area contributed by atoms with Crippen molar-refractivity contribution in [2.24, 2.45) is 0 Å². The SMILES string of the molecule is CCOC(=O)c1c(C)nsc1Nc1cccnc1. The van der Waals surface area contributed by atoms with E-state index < -0.39 is 0 Å². The molecule has 0 aromatic carbocycles. The zero-order chi connectivity index (χ0) is 13.0. The number of pyridine rings is 1. The van der Waals surface area contributed by atoms with Crippen LogP contribution < -0.4 is 5.32 Å². The number of aromatic nitrogens is 2. The predicted molar refractivity (Wildman–Crippen MR) is 70.3 cm³/mol. The molecule has 0 saturated carbocycles. The number of anilines is 2. The Hall–Kier alpha value is -1.95. The number of rotatable bonds is 4. The summed E-state index contributed by atoms with van der Waals surface area (Å²) in [5.74, 6) is -0.352. The largest absolute Gasteiger partial charge is 0.462 e. The lowest BCUT2D eigenvalue weighted by Crippen LogP contribution is -2.07. The smallest absolute Gasteiger partial charge is 0.343 e. The van der Waals surface area contributed by atoms with Crippen LogP contribution in [0.15, 0.2) is 24.5 Å². The van der Waals surface area contributed by atoms with E-state index in [2.05, 4.69) is 14.7 Å². The van der Waals surface area contributed by atoms with E-state index in [4.69, 9.17) is 4.74 Å². The average Bonchev–Trinajstić information content (AvgIpc) is 2.72. The van der Waals surface area contributed by atoms with Crippen LogP contribution in [-0.2, 0) is 4.74 Å². The number of hydrogen-bond donors (Lipinski definition) is 1. The summed E-state index contributed by atoms with van der Waals surface area (Å²) >= 11 is 1.24. The van der Waals surface area contributed by atoms with Gasteiger partial charge in [-0.2, -0.15) is 4.37 Å². The van der Waals surface area contributed by atoms with Gasteiger partial charge in [0, 0.05) is 6.20 Å². The molecule has 2 aromatic heterocycles. The van der Waals surface area contributed by atoms with Crippen molar-refractivity contribution in [3.05, 3.63) is 35.8 Å². The van der Waals surface area contributed by atoms with Crippen molar-refractivity contribution < 1.29 is 9.53 Å². The minimum atomic E-state index is -0.352. The highest BCUT2D eigenvalue weighted by Gasteiger charge is 2.19. The van der Waals surface area contributed by atoms with E-state index in [1.807, 2.05) is 12.1 Å². The number of carbonyl (C=O) groups is 1. The number of ether oxygens (including phenoxy) is 1. The summed E-state index contributed by atoms with van der Waals surface area (Å²) in [6, 6.07) is 3.69. The summed E-state index contributed by atoms with van der Waals surface area (Å²) in [7, 11) is 0. The fourth-order valence-corrected chi connectivity index (χ4v) is 2.27. The molecule has 0 radical (unpaired) electrons. The Bertz CT molecular complexity index is 540. The van der Waals surface area contributed by atoms with Gasteiger partial charge >= 0.3 is 5.97 Å². The van der Waals surface area contributed by atoms with Crippen molar-refractivity contribution in [1.82, 2.24) is 9.36 Å². The van der Waals surface area contributed by atoms with Crippen LogP contribution in [0.2, 0.25) is 0 Å². The molecule has 5 nitrogen and oxygen atoms in total. The van der Waals surface area contributed by atoms with Crippen molar-refractivity contribution in [2.45, 2.75) is 13.8 Å². The van der Waals surface area contributed by atoms with Crippen molar-refractivity contribution in [3.63, 3.8) is 0 Å². The number of aryl methyl sites for hydroxylation is 1. The van der Waals surface area contributed by atoms with E-state index in [9.17, 15) is 4.79 Å². The predicted octanol–water partition coefficient (Wildman–Crippen LogP) is 2.77. The fourth-order valence-electron chi connectivity index (χ4n) is 1.47. The Morgan fingerprint density at radius 1 is 1.56 bits per heavy atom. The third-order valence-corrected chi connectivity index (χ3v) is 3.12. The topological polar surface area (TPSA) is 64.1 Å². The lowest BCUT2D eigenvalue weighted by Gasteiger charge is -2.06. The molecule has 0 bridgehead atoms. The van der Waals surface area contributed by atoms with Crippen LogP contribution in [0.4, 0.5) is 10.7 Å². The molecule has 1 N–H and O–H groups in total. The molecule has 0 amide bonds. The number of nitrogens with one attached hydrogen (secondary N) is 1. The van der Waals surface area contributed by atoms with Crippen LogP contribution in [0.3, 0.4) is 0 Å². The minimum absolute atomic E-state index is 0.348. The Morgan fingerprint density at radius 2 is 2.39 bits per heavy atom.